The molecule has 3 N–H and O–H groups in total. The van der Waals surface area contributed by atoms with Gasteiger partial charge in [0.1, 0.15) is 17.5 Å². The van der Waals surface area contributed by atoms with Crippen molar-refractivity contribution in [2.45, 2.75) is 51.9 Å². The molecule has 0 bridgehead atoms. The van der Waals surface area contributed by atoms with Crippen LogP contribution in [0.25, 0.3) is 0 Å². The number of carbonyl (C=O) groups is 2. The average Bonchev–Trinajstić information content (AvgIpc) is 2.50. The van der Waals surface area contributed by atoms with Gasteiger partial charge in [0.2, 0.25) is 0 Å². The molecule has 1 fully saturated rings. The Morgan fingerprint density at radius 3 is 2.65 bits per heavy atom. The van der Waals surface area contributed by atoms with Gasteiger partial charge in [0, 0.05) is 13.5 Å². The van der Waals surface area contributed by atoms with Crippen LogP contribution in [0.1, 0.15) is 34.1 Å². The number of hydrogen-bond donors (Lipinski definition) is 2. The highest BCUT2D eigenvalue weighted by molar-refractivity contribution is 5.70. The zero-order chi connectivity index (χ0) is 19.5. The maximum absolute atomic E-state index is 13.5. The van der Waals surface area contributed by atoms with E-state index in [0.717, 1.165) is 0 Å². The van der Waals surface area contributed by atoms with E-state index < -0.39 is 29.6 Å². The molecule has 2 atom stereocenters. The summed E-state index contributed by atoms with van der Waals surface area (Å²) in [6, 6.07) is 3.73. The maximum atomic E-state index is 13.5. The zero-order valence-electron chi connectivity index (χ0n) is 15.5. The third-order valence-corrected chi connectivity index (χ3v) is 3.88. The van der Waals surface area contributed by atoms with Crippen LogP contribution in [-0.4, -0.2) is 47.8 Å². The lowest BCUT2D eigenvalue weighted by Gasteiger charge is -2.39. The molecule has 1 aliphatic heterocycles. The van der Waals surface area contributed by atoms with Crippen molar-refractivity contribution >= 4 is 23.4 Å². The number of piperidine rings is 1. The number of nitrogens with zero attached hydrogens (tertiary/aromatic N) is 1. The Balaban J connectivity index is 2.11. The Hall–Kier alpha value is -2.51. The first-order valence-corrected chi connectivity index (χ1v) is 8.52. The predicted molar refractivity (Wildman–Crippen MR) is 96.2 cm³/mol. The molecule has 0 aromatic heterocycles. The summed E-state index contributed by atoms with van der Waals surface area (Å²) in [6.07, 6.45) is -0.567. The van der Waals surface area contributed by atoms with Gasteiger partial charge in [0.25, 0.3) is 0 Å². The zero-order valence-corrected chi connectivity index (χ0v) is 15.5. The Kier molecular flexibility index (Phi) is 5.94. The van der Waals surface area contributed by atoms with E-state index in [9.17, 15) is 14.0 Å². The summed E-state index contributed by atoms with van der Waals surface area (Å²) in [5.41, 5.74) is 6.08. The van der Waals surface area contributed by atoms with Crippen molar-refractivity contribution in [1.29, 1.82) is 0 Å². The van der Waals surface area contributed by atoms with Crippen LogP contribution in [-0.2, 0) is 14.3 Å². The molecule has 0 aliphatic carbocycles. The molecule has 26 heavy (non-hydrogen) atoms. The van der Waals surface area contributed by atoms with E-state index in [1.54, 1.807) is 20.8 Å². The molecule has 144 valence electrons. The minimum Gasteiger partial charge on any atom is -0.458 e. The molecule has 1 saturated heterocycles. The lowest BCUT2D eigenvalue weighted by Crippen LogP contribution is -2.54. The van der Waals surface area contributed by atoms with Crippen LogP contribution < -0.4 is 11.1 Å². The Morgan fingerprint density at radius 1 is 1.35 bits per heavy atom. The summed E-state index contributed by atoms with van der Waals surface area (Å²) < 4.78 is 24.2. The molecule has 0 saturated carbocycles. The number of amides is 1. The van der Waals surface area contributed by atoms with Gasteiger partial charge in [0.15, 0.2) is 0 Å². The quantitative estimate of drug-likeness (QED) is 0.630. The van der Waals surface area contributed by atoms with Crippen LogP contribution in [0.3, 0.4) is 0 Å². The fourth-order valence-corrected chi connectivity index (χ4v) is 2.76. The predicted octanol–water partition coefficient (Wildman–Crippen LogP) is 2.76. The normalized spacial score (nSPS) is 20.4. The van der Waals surface area contributed by atoms with Crippen molar-refractivity contribution in [1.82, 2.24) is 4.90 Å². The molecule has 2 rings (SSSR count). The van der Waals surface area contributed by atoms with E-state index in [0.29, 0.717) is 24.3 Å². The second-order valence-corrected chi connectivity index (χ2v) is 7.35. The molecule has 1 aromatic rings. The summed E-state index contributed by atoms with van der Waals surface area (Å²) in [7, 11) is 0. The number of hydrogen-bond acceptors (Lipinski definition) is 6. The molecule has 7 nitrogen and oxygen atoms in total. The van der Waals surface area contributed by atoms with Gasteiger partial charge < -0.3 is 25.4 Å². The number of esters is 1. The van der Waals surface area contributed by atoms with Crippen molar-refractivity contribution < 1.29 is 23.5 Å². The van der Waals surface area contributed by atoms with E-state index in [4.69, 9.17) is 15.2 Å². The molecule has 0 radical (unpaired) electrons. The molecule has 0 spiro atoms. The van der Waals surface area contributed by atoms with Crippen LogP contribution in [0.4, 0.5) is 20.6 Å². The highest BCUT2D eigenvalue weighted by atomic mass is 19.1. The van der Waals surface area contributed by atoms with Gasteiger partial charge in [-0.25, -0.2) is 9.18 Å². The van der Waals surface area contributed by atoms with Crippen LogP contribution in [0, 0.1) is 5.82 Å². The summed E-state index contributed by atoms with van der Waals surface area (Å²) >= 11 is 0. The standard InChI is InChI=1S/C18H26FN3O4/c1-11(23)25-16-10-22(17(24)26-18(2,3)4)8-7-14(16)21-15-9-12(19)5-6-13(15)20/h5-6,9,14,16,21H,7-8,10,20H2,1-4H3/t14?,16-/m0/s1. The number of benzene rings is 1. The third kappa shape index (κ3) is 5.50. The molecule has 1 amide bonds. The fourth-order valence-electron chi connectivity index (χ4n) is 2.76. The molecule has 1 heterocycles. The Morgan fingerprint density at radius 2 is 2.04 bits per heavy atom. The summed E-state index contributed by atoms with van der Waals surface area (Å²) in [4.78, 5) is 25.3. The van der Waals surface area contributed by atoms with Gasteiger partial charge in [0.05, 0.1) is 24.0 Å². The minimum absolute atomic E-state index is 0.182. The first kappa shape index (κ1) is 19.8. The number of anilines is 2. The lowest BCUT2D eigenvalue weighted by molar-refractivity contribution is -0.149. The van der Waals surface area contributed by atoms with Crippen molar-refractivity contribution in [3.8, 4) is 0 Å². The van der Waals surface area contributed by atoms with Crippen LogP contribution in [0.2, 0.25) is 0 Å². The van der Waals surface area contributed by atoms with E-state index in [2.05, 4.69) is 5.32 Å². The Bertz CT molecular complexity index is 675. The second kappa shape index (κ2) is 7.80. The highest BCUT2D eigenvalue weighted by Gasteiger charge is 2.35. The van der Waals surface area contributed by atoms with Crippen molar-refractivity contribution in [2.75, 3.05) is 24.1 Å². The van der Waals surface area contributed by atoms with Gasteiger partial charge in [-0.2, -0.15) is 0 Å². The van der Waals surface area contributed by atoms with E-state index in [-0.39, 0.29) is 12.6 Å². The molecule has 1 aromatic carbocycles. The number of carbonyl (C=O) groups excluding carboxylic acids is 2. The number of halogens is 1. The minimum atomic E-state index is -0.612. The summed E-state index contributed by atoms with van der Waals surface area (Å²) in [5, 5.41) is 3.13. The van der Waals surface area contributed by atoms with Gasteiger partial charge >= 0.3 is 12.1 Å². The fraction of sp³-hybridized carbons (Fsp3) is 0.556. The average molecular weight is 367 g/mol. The smallest absolute Gasteiger partial charge is 0.410 e. The van der Waals surface area contributed by atoms with E-state index >= 15 is 0 Å². The molecule has 8 heteroatoms. The molecular formula is C18H26FN3O4. The summed E-state index contributed by atoms with van der Waals surface area (Å²) in [6.45, 7) is 7.27. The monoisotopic (exact) mass is 367 g/mol. The number of ether oxygens (including phenoxy) is 2. The molecule has 1 aliphatic rings. The molecule has 1 unspecified atom stereocenters. The van der Waals surface area contributed by atoms with Gasteiger partial charge in [-0.1, -0.05) is 0 Å². The van der Waals surface area contributed by atoms with Crippen LogP contribution in [0.15, 0.2) is 18.2 Å². The Labute approximate surface area is 152 Å². The van der Waals surface area contributed by atoms with Gasteiger partial charge in [-0.05, 0) is 45.4 Å². The largest absolute Gasteiger partial charge is 0.458 e. The molecular weight excluding hydrogens is 341 g/mol. The third-order valence-electron chi connectivity index (χ3n) is 3.88. The number of nitrogens with two attached hydrogens (primary N) is 1. The van der Waals surface area contributed by atoms with Crippen molar-refractivity contribution in [2.24, 2.45) is 0 Å². The SMILES string of the molecule is CC(=O)O[C@H]1CN(C(=O)OC(C)(C)C)CCC1Nc1cc(F)ccc1N. The lowest BCUT2D eigenvalue weighted by atomic mass is 10.0. The topological polar surface area (TPSA) is 93.9 Å². The van der Waals surface area contributed by atoms with Crippen LogP contribution >= 0.6 is 0 Å². The number of nitrogens with one attached hydrogen (secondary N) is 1. The van der Waals surface area contributed by atoms with E-state index in [1.165, 1.54) is 30.0 Å². The summed E-state index contributed by atoms with van der Waals surface area (Å²) in [5.74, 6) is -0.878. The second-order valence-electron chi connectivity index (χ2n) is 7.35. The van der Waals surface area contributed by atoms with Crippen LogP contribution in [0.5, 0.6) is 0 Å². The number of rotatable bonds is 3. The first-order valence-electron chi connectivity index (χ1n) is 8.52. The number of likely N-dealkylation sites (tertiary alicyclic amines) is 1. The van der Waals surface area contributed by atoms with Gasteiger partial charge in [-0.3, -0.25) is 4.79 Å². The first-order chi connectivity index (χ1) is 12.0. The number of nitrogen functional groups attached to an aromatic ring is 1. The van der Waals surface area contributed by atoms with Gasteiger partial charge in [-0.15, -0.1) is 0 Å². The van der Waals surface area contributed by atoms with Crippen molar-refractivity contribution in [3.05, 3.63) is 24.0 Å². The maximum Gasteiger partial charge on any atom is 0.410 e. The highest BCUT2D eigenvalue weighted by Crippen LogP contribution is 2.25. The van der Waals surface area contributed by atoms with Crippen molar-refractivity contribution in [3.63, 3.8) is 0 Å². The van der Waals surface area contributed by atoms with E-state index in [1.807, 2.05) is 0 Å².